The molecule has 12 nitrogen and oxygen atoms in total. The van der Waals surface area contributed by atoms with Crippen LogP contribution >= 0.6 is 0 Å². The number of aliphatic hydroxyl groups excluding tert-OH is 7. The van der Waals surface area contributed by atoms with Gasteiger partial charge in [-0.15, -0.1) is 0 Å². The van der Waals surface area contributed by atoms with Crippen molar-refractivity contribution in [3.63, 3.8) is 0 Å². The number of rotatable bonds is 5. The summed E-state index contributed by atoms with van der Waals surface area (Å²) < 4.78 is 15.7. The Morgan fingerprint density at radius 2 is 1.46 bits per heavy atom. The molecule has 0 aromatic rings. The number of carbonyl (C=O) groups excluding carboxylic acids is 1. The number of hydrogen-bond donors (Lipinski definition) is 8. The topological polar surface area (TPSA) is 198 Å². The second kappa shape index (κ2) is 8.84. The highest BCUT2D eigenvalue weighted by Crippen LogP contribution is 2.28. The molecule has 0 saturated carbocycles. The van der Waals surface area contributed by atoms with Gasteiger partial charge in [-0.3, -0.25) is 4.79 Å². The third kappa shape index (κ3) is 4.31. The van der Waals surface area contributed by atoms with Gasteiger partial charge in [-0.2, -0.15) is 0 Å². The summed E-state index contributed by atoms with van der Waals surface area (Å²) in [7, 11) is 0. The van der Waals surface area contributed by atoms with E-state index in [-0.39, 0.29) is 0 Å². The van der Waals surface area contributed by atoms with E-state index in [0.29, 0.717) is 0 Å². The molecule has 0 unspecified atom stereocenters. The minimum Gasteiger partial charge on any atom is -0.394 e. The van der Waals surface area contributed by atoms with Crippen LogP contribution in [0.4, 0.5) is 0 Å². The summed E-state index contributed by atoms with van der Waals surface area (Å²) in [6.07, 6.45) is -13.7. The third-order valence-electron chi connectivity index (χ3n) is 4.38. The molecule has 2 heterocycles. The minimum absolute atomic E-state index is 0.581. The first-order chi connectivity index (χ1) is 12.2. The molecular formula is C14H25NO11. The van der Waals surface area contributed by atoms with Crippen molar-refractivity contribution < 1.29 is 54.8 Å². The van der Waals surface area contributed by atoms with E-state index in [9.17, 15) is 35.4 Å². The molecule has 0 aromatic carbocycles. The Kier molecular flexibility index (Phi) is 7.27. The molecule has 2 aliphatic heterocycles. The first kappa shape index (κ1) is 21.4. The normalized spacial score (nSPS) is 46.8. The second-order valence-corrected chi connectivity index (χ2v) is 6.26. The smallest absolute Gasteiger partial charge is 0.217 e. The zero-order valence-electron chi connectivity index (χ0n) is 14.0. The van der Waals surface area contributed by atoms with Gasteiger partial charge in [0.1, 0.15) is 48.8 Å². The predicted octanol–water partition coefficient (Wildman–Crippen LogP) is -5.25. The minimum atomic E-state index is -1.76. The molecule has 26 heavy (non-hydrogen) atoms. The van der Waals surface area contributed by atoms with Crippen LogP contribution in [0.25, 0.3) is 0 Å². The van der Waals surface area contributed by atoms with Crippen molar-refractivity contribution >= 4 is 5.91 Å². The highest BCUT2D eigenvalue weighted by Gasteiger charge is 2.50. The van der Waals surface area contributed by atoms with Gasteiger partial charge in [0.2, 0.25) is 5.91 Å². The molecule has 1 amide bonds. The number of ether oxygens (including phenoxy) is 3. The summed E-state index contributed by atoms with van der Waals surface area (Å²) in [5, 5.41) is 70.7. The van der Waals surface area contributed by atoms with Gasteiger partial charge in [-0.05, 0) is 0 Å². The Labute approximate surface area is 148 Å². The SMILES string of the molecule is CC(=O)N[C@H]1[C@H](O[C@@H]2[C@@H](O)[C@H](O)[C@@H](CO)O[C@@H]2O)O[C@H](CO)[C@@H](O)[C@@H]1O. The van der Waals surface area contributed by atoms with Gasteiger partial charge in [0.15, 0.2) is 12.6 Å². The third-order valence-corrected chi connectivity index (χ3v) is 4.38. The zero-order chi connectivity index (χ0) is 19.6. The van der Waals surface area contributed by atoms with E-state index in [2.05, 4.69) is 5.32 Å². The lowest BCUT2D eigenvalue weighted by Gasteiger charge is -2.46. The van der Waals surface area contributed by atoms with Crippen LogP contribution in [-0.4, -0.2) is 116 Å². The first-order valence-corrected chi connectivity index (χ1v) is 8.06. The quantitative estimate of drug-likeness (QED) is 0.226. The Bertz CT molecular complexity index is 480. The molecule has 2 fully saturated rings. The zero-order valence-corrected chi connectivity index (χ0v) is 14.0. The summed E-state index contributed by atoms with van der Waals surface area (Å²) >= 11 is 0. The van der Waals surface area contributed by atoms with Crippen molar-refractivity contribution in [2.24, 2.45) is 0 Å². The van der Waals surface area contributed by atoms with E-state index in [1.165, 1.54) is 0 Å². The number of carbonyl (C=O) groups is 1. The number of amides is 1. The van der Waals surface area contributed by atoms with Crippen LogP contribution in [0.3, 0.4) is 0 Å². The van der Waals surface area contributed by atoms with Gasteiger partial charge >= 0.3 is 0 Å². The Morgan fingerprint density at radius 1 is 0.923 bits per heavy atom. The molecular weight excluding hydrogens is 358 g/mol. The number of nitrogens with one attached hydrogen (secondary N) is 1. The average molecular weight is 383 g/mol. The molecule has 0 aromatic heterocycles. The lowest BCUT2D eigenvalue weighted by atomic mass is 9.96. The maximum absolute atomic E-state index is 11.4. The maximum atomic E-state index is 11.4. The van der Waals surface area contributed by atoms with E-state index < -0.39 is 80.5 Å². The summed E-state index contributed by atoms with van der Waals surface area (Å²) in [5.74, 6) is -0.581. The number of aliphatic hydroxyl groups is 7. The van der Waals surface area contributed by atoms with Gasteiger partial charge < -0.3 is 55.3 Å². The van der Waals surface area contributed by atoms with Crippen LogP contribution in [-0.2, 0) is 19.0 Å². The lowest BCUT2D eigenvalue weighted by Crippen LogP contribution is -2.67. The lowest BCUT2D eigenvalue weighted by molar-refractivity contribution is -0.348. The summed E-state index contributed by atoms with van der Waals surface area (Å²) in [4.78, 5) is 11.4. The molecule has 2 saturated heterocycles. The molecule has 8 N–H and O–H groups in total. The molecule has 12 heteroatoms. The Morgan fingerprint density at radius 3 is 2.00 bits per heavy atom. The first-order valence-electron chi connectivity index (χ1n) is 8.06. The monoisotopic (exact) mass is 383 g/mol. The summed E-state index contributed by atoms with van der Waals surface area (Å²) in [6, 6.07) is -1.29. The highest BCUT2D eigenvalue weighted by atomic mass is 16.7. The highest BCUT2D eigenvalue weighted by molar-refractivity contribution is 5.73. The standard InChI is InChI=1S/C14H25NO11/c1-4(18)15-7-10(21)8(19)6(3-17)25-14(7)26-12-11(22)9(20)5(2-16)24-13(12)23/h5-14,16-17,19-23H,2-3H2,1H3,(H,15,18)/t5-,6-,7-,8-,9-,10-,11+,12-,13+,14+/m1/s1. The van der Waals surface area contributed by atoms with Crippen LogP contribution < -0.4 is 5.32 Å². The van der Waals surface area contributed by atoms with Crippen molar-refractivity contribution in [3.8, 4) is 0 Å². The van der Waals surface area contributed by atoms with E-state index in [1.807, 2.05) is 0 Å². The number of hydrogen-bond acceptors (Lipinski definition) is 11. The van der Waals surface area contributed by atoms with Gasteiger partial charge in [-0.1, -0.05) is 0 Å². The van der Waals surface area contributed by atoms with Crippen LogP contribution in [0, 0.1) is 0 Å². The van der Waals surface area contributed by atoms with Crippen LogP contribution in [0.15, 0.2) is 0 Å². The van der Waals surface area contributed by atoms with Crippen molar-refractivity contribution in [3.05, 3.63) is 0 Å². The largest absolute Gasteiger partial charge is 0.394 e. The second-order valence-electron chi connectivity index (χ2n) is 6.26. The van der Waals surface area contributed by atoms with Crippen LogP contribution in [0.1, 0.15) is 6.92 Å². The molecule has 2 rings (SSSR count). The fourth-order valence-electron chi connectivity index (χ4n) is 2.96. The fraction of sp³-hybridized carbons (Fsp3) is 0.929. The van der Waals surface area contributed by atoms with Crippen LogP contribution in [0.5, 0.6) is 0 Å². The van der Waals surface area contributed by atoms with Crippen LogP contribution in [0.2, 0.25) is 0 Å². The molecule has 0 spiro atoms. The van der Waals surface area contributed by atoms with E-state index >= 15 is 0 Å². The van der Waals surface area contributed by atoms with E-state index in [0.717, 1.165) is 6.92 Å². The predicted molar refractivity (Wildman–Crippen MR) is 80.2 cm³/mol. The Balaban J connectivity index is 2.18. The van der Waals surface area contributed by atoms with Crippen molar-refractivity contribution in [2.45, 2.75) is 68.3 Å². The van der Waals surface area contributed by atoms with Gasteiger partial charge in [0.25, 0.3) is 0 Å². The van der Waals surface area contributed by atoms with Gasteiger partial charge in [0.05, 0.1) is 13.2 Å². The van der Waals surface area contributed by atoms with Gasteiger partial charge in [0, 0.05) is 6.92 Å². The molecule has 0 radical (unpaired) electrons. The van der Waals surface area contributed by atoms with Crippen molar-refractivity contribution in [2.75, 3.05) is 13.2 Å². The molecule has 152 valence electrons. The molecule has 10 atom stereocenters. The molecule has 2 aliphatic rings. The summed E-state index contributed by atoms with van der Waals surface area (Å²) in [6.45, 7) is -0.183. The van der Waals surface area contributed by atoms with Crippen molar-refractivity contribution in [1.82, 2.24) is 5.32 Å². The molecule has 0 aliphatic carbocycles. The van der Waals surface area contributed by atoms with E-state index in [4.69, 9.17) is 19.3 Å². The van der Waals surface area contributed by atoms with Crippen molar-refractivity contribution in [1.29, 1.82) is 0 Å². The Hall–Kier alpha value is -0.930. The summed E-state index contributed by atoms with van der Waals surface area (Å²) in [5.41, 5.74) is 0. The fourth-order valence-corrected chi connectivity index (χ4v) is 2.96. The molecule has 0 bridgehead atoms. The maximum Gasteiger partial charge on any atom is 0.217 e. The van der Waals surface area contributed by atoms with Gasteiger partial charge in [-0.25, -0.2) is 0 Å². The average Bonchev–Trinajstić information content (AvgIpc) is 2.60. The van der Waals surface area contributed by atoms with E-state index in [1.54, 1.807) is 0 Å².